The van der Waals surface area contributed by atoms with E-state index < -0.39 is 0 Å². The number of carbonyl (C=O) groups is 1. The molecule has 0 saturated carbocycles. The predicted octanol–water partition coefficient (Wildman–Crippen LogP) is 3.16. The van der Waals surface area contributed by atoms with Gasteiger partial charge >= 0.3 is 0 Å². The van der Waals surface area contributed by atoms with Gasteiger partial charge in [0.1, 0.15) is 0 Å². The summed E-state index contributed by atoms with van der Waals surface area (Å²) in [6, 6.07) is 18.9. The van der Waals surface area contributed by atoms with E-state index in [1.165, 1.54) is 16.7 Å². The summed E-state index contributed by atoms with van der Waals surface area (Å²) in [5, 5.41) is 6.13. The van der Waals surface area contributed by atoms with Gasteiger partial charge in [-0.1, -0.05) is 54.6 Å². The summed E-state index contributed by atoms with van der Waals surface area (Å²) < 4.78 is 4.95. The molecule has 1 atom stereocenters. The molecule has 2 aromatic carbocycles. The molecule has 24 heavy (non-hydrogen) atoms. The van der Waals surface area contributed by atoms with Crippen LogP contribution in [-0.2, 0) is 9.53 Å². The Labute approximate surface area is 144 Å². The van der Waals surface area contributed by atoms with Crippen molar-refractivity contribution in [3.8, 4) is 11.1 Å². The number of benzene rings is 2. The van der Waals surface area contributed by atoms with E-state index in [1.54, 1.807) is 7.11 Å². The molecule has 2 aromatic rings. The molecule has 0 aliphatic rings. The van der Waals surface area contributed by atoms with Crippen molar-refractivity contribution in [2.45, 2.75) is 19.4 Å². The Kier molecular flexibility index (Phi) is 7.46. The van der Waals surface area contributed by atoms with Crippen LogP contribution in [0.4, 0.5) is 0 Å². The van der Waals surface area contributed by atoms with E-state index in [9.17, 15) is 4.79 Å². The molecule has 128 valence electrons. The Hall–Kier alpha value is -2.17. The number of amides is 1. The topological polar surface area (TPSA) is 50.4 Å². The summed E-state index contributed by atoms with van der Waals surface area (Å²) in [5.74, 6) is 0.0128. The van der Waals surface area contributed by atoms with Gasteiger partial charge < -0.3 is 15.4 Å². The second kappa shape index (κ2) is 9.85. The van der Waals surface area contributed by atoms with Gasteiger partial charge in [-0.25, -0.2) is 0 Å². The first kappa shape index (κ1) is 18.2. The van der Waals surface area contributed by atoms with E-state index in [4.69, 9.17) is 4.74 Å². The molecule has 0 radical (unpaired) electrons. The summed E-state index contributed by atoms with van der Waals surface area (Å²) >= 11 is 0. The Bertz CT molecular complexity index is 611. The Balaban J connectivity index is 1.80. The average molecular weight is 326 g/mol. The number of hydrogen-bond donors (Lipinski definition) is 2. The molecule has 0 aromatic heterocycles. The summed E-state index contributed by atoms with van der Waals surface area (Å²) in [6.45, 7) is 3.69. The Morgan fingerprint density at radius 1 is 1.04 bits per heavy atom. The minimum absolute atomic E-state index is 0.0128. The van der Waals surface area contributed by atoms with Gasteiger partial charge in [0.05, 0.1) is 6.54 Å². The fraction of sp³-hybridized carbons (Fsp3) is 0.350. The van der Waals surface area contributed by atoms with E-state index in [0.29, 0.717) is 19.7 Å². The molecule has 2 rings (SSSR count). The molecule has 4 nitrogen and oxygen atoms in total. The third kappa shape index (κ3) is 5.80. The molecule has 1 amide bonds. The molecule has 0 aliphatic heterocycles. The zero-order valence-corrected chi connectivity index (χ0v) is 14.4. The molecule has 0 unspecified atom stereocenters. The lowest BCUT2D eigenvalue weighted by Crippen LogP contribution is -2.35. The minimum Gasteiger partial charge on any atom is -0.385 e. The van der Waals surface area contributed by atoms with Crippen molar-refractivity contribution in [2.75, 3.05) is 26.8 Å². The first-order valence-corrected chi connectivity index (χ1v) is 8.35. The first-order valence-electron chi connectivity index (χ1n) is 8.35. The highest BCUT2D eigenvalue weighted by molar-refractivity contribution is 5.78. The van der Waals surface area contributed by atoms with Gasteiger partial charge in [-0.15, -0.1) is 0 Å². The Morgan fingerprint density at radius 3 is 2.38 bits per heavy atom. The van der Waals surface area contributed by atoms with Crippen molar-refractivity contribution in [3.63, 3.8) is 0 Å². The van der Waals surface area contributed by atoms with Gasteiger partial charge in [-0.2, -0.15) is 0 Å². The van der Waals surface area contributed by atoms with Crippen LogP contribution in [0.5, 0.6) is 0 Å². The molecule has 0 fully saturated rings. The average Bonchev–Trinajstić information content (AvgIpc) is 2.64. The summed E-state index contributed by atoms with van der Waals surface area (Å²) in [5.41, 5.74) is 3.57. The zero-order valence-electron chi connectivity index (χ0n) is 14.4. The van der Waals surface area contributed by atoms with Gasteiger partial charge in [-0.3, -0.25) is 4.79 Å². The molecule has 0 spiro atoms. The third-order valence-electron chi connectivity index (χ3n) is 3.93. The highest BCUT2D eigenvalue weighted by Crippen LogP contribution is 2.21. The van der Waals surface area contributed by atoms with Crippen molar-refractivity contribution < 1.29 is 9.53 Å². The van der Waals surface area contributed by atoms with Crippen LogP contribution in [0.2, 0.25) is 0 Å². The molecule has 4 heteroatoms. The maximum absolute atomic E-state index is 11.8. The molecule has 0 aliphatic carbocycles. The quantitative estimate of drug-likeness (QED) is 0.696. The lowest BCUT2D eigenvalue weighted by molar-refractivity contribution is -0.120. The van der Waals surface area contributed by atoms with Crippen molar-refractivity contribution in [3.05, 3.63) is 60.2 Å². The number of ether oxygens (including phenoxy) is 1. The SMILES string of the molecule is COCCCNC(=O)CN[C@H](C)c1ccc(-c2ccccc2)cc1. The second-order valence-electron chi connectivity index (χ2n) is 5.79. The second-order valence-corrected chi connectivity index (χ2v) is 5.79. The van der Waals surface area contributed by atoms with Crippen LogP contribution in [0, 0.1) is 0 Å². The van der Waals surface area contributed by atoms with Gasteiger partial charge in [0.15, 0.2) is 0 Å². The number of methoxy groups -OCH3 is 1. The van der Waals surface area contributed by atoms with Crippen LogP contribution < -0.4 is 10.6 Å². The highest BCUT2D eigenvalue weighted by atomic mass is 16.5. The number of nitrogens with one attached hydrogen (secondary N) is 2. The fourth-order valence-electron chi connectivity index (χ4n) is 2.47. The van der Waals surface area contributed by atoms with E-state index in [-0.39, 0.29) is 11.9 Å². The van der Waals surface area contributed by atoms with Crippen LogP contribution in [0.25, 0.3) is 11.1 Å². The van der Waals surface area contributed by atoms with Crippen molar-refractivity contribution in [1.29, 1.82) is 0 Å². The van der Waals surface area contributed by atoms with Crippen molar-refractivity contribution in [2.24, 2.45) is 0 Å². The van der Waals surface area contributed by atoms with Crippen LogP contribution in [0.15, 0.2) is 54.6 Å². The van der Waals surface area contributed by atoms with Gasteiger partial charge in [0.2, 0.25) is 5.91 Å². The van der Waals surface area contributed by atoms with Crippen LogP contribution in [-0.4, -0.2) is 32.7 Å². The normalized spacial score (nSPS) is 11.9. The van der Waals surface area contributed by atoms with E-state index in [2.05, 4.69) is 54.0 Å². The summed E-state index contributed by atoms with van der Waals surface area (Å²) in [6.07, 6.45) is 0.832. The number of rotatable bonds is 9. The molecule has 0 saturated heterocycles. The summed E-state index contributed by atoms with van der Waals surface area (Å²) in [7, 11) is 1.66. The fourth-order valence-corrected chi connectivity index (χ4v) is 2.47. The first-order chi connectivity index (χ1) is 11.7. The van der Waals surface area contributed by atoms with Crippen LogP contribution in [0.1, 0.15) is 24.9 Å². The zero-order chi connectivity index (χ0) is 17.2. The highest BCUT2D eigenvalue weighted by Gasteiger charge is 2.08. The number of hydrogen-bond acceptors (Lipinski definition) is 3. The minimum atomic E-state index is 0.0128. The molecule has 2 N–H and O–H groups in total. The molecular weight excluding hydrogens is 300 g/mol. The van der Waals surface area contributed by atoms with Crippen molar-refractivity contribution >= 4 is 5.91 Å². The third-order valence-corrected chi connectivity index (χ3v) is 3.93. The molecule has 0 heterocycles. The van der Waals surface area contributed by atoms with E-state index >= 15 is 0 Å². The smallest absolute Gasteiger partial charge is 0.233 e. The Morgan fingerprint density at radius 2 is 1.71 bits per heavy atom. The van der Waals surface area contributed by atoms with E-state index in [1.807, 2.05) is 18.2 Å². The predicted molar refractivity (Wildman–Crippen MR) is 97.8 cm³/mol. The van der Waals surface area contributed by atoms with Crippen molar-refractivity contribution in [1.82, 2.24) is 10.6 Å². The monoisotopic (exact) mass is 326 g/mol. The largest absolute Gasteiger partial charge is 0.385 e. The van der Waals surface area contributed by atoms with Crippen LogP contribution >= 0.6 is 0 Å². The maximum atomic E-state index is 11.8. The van der Waals surface area contributed by atoms with Gasteiger partial charge in [-0.05, 0) is 30.0 Å². The lowest BCUT2D eigenvalue weighted by atomic mass is 10.0. The number of carbonyl (C=O) groups excluding carboxylic acids is 1. The standard InChI is InChI=1S/C20H26N2O2/c1-16(22-15-20(23)21-13-6-14-24-2)17-9-11-19(12-10-17)18-7-4-3-5-8-18/h3-5,7-12,16,22H,6,13-15H2,1-2H3,(H,21,23)/t16-/m1/s1. The molecular formula is C20H26N2O2. The van der Waals surface area contributed by atoms with Crippen LogP contribution in [0.3, 0.4) is 0 Å². The molecule has 0 bridgehead atoms. The summed E-state index contributed by atoms with van der Waals surface area (Å²) in [4.78, 5) is 11.8. The van der Waals surface area contributed by atoms with E-state index in [0.717, 1.165) is 6.42 Å². The maximum Gasteiger partial charge on any atom is 0.233 e. The van der Waals surface area contributed by atoms with Gasteiger partial charge in [0, 0.05) is 26.3 Å². The lowest BCUT2D eigenvalue weighted by Gasteiger charge is -2.15. The van der Waals surface area contributed by atoms with Gasteiger partial charge in [0.25, 0.3) is 0 Å².